The van der Waals surface area contributed by atoms with Gasteiger partial charge in [-0.3, -0.25) is 4.79 Å². The predicted molar refractivity (Wildman–Crippen MR) is 121 cm³/mol. The minimum absolute atomic E-state index is 0.129. The summed E-state index contributed by atoms with van der Waals surface area (Å²) in [5, 5.41) is 3.15. The monoisotopic (exact) mass is 491 g/mol. The molecule has 3 aromatic rings. The van der Waals surface area contributed by atoms with E-state index in [9.17, 15) is 9.18 Å². The Morgan fingerprint density at radius 1 is 1.04 bits per heavy atom. The van der Waals surface area contributed by atoms with Crippen molar-refractivity contribution in [1.82, 2.24) is 0 Å². The molecule has 0 bridgehead atoms. The summed E-state index contributed by atoms with van der Waals surface area (Å²) in [7, 11) is 0. The molecule has 0 spiro atoms. The average Bonchev–Trinajstić information content (AvgIpc) is 2.66. The molecule has 3 rings (SSSR count). The van der Waals surface area contributed by atoms with Gasteiger partial charge in [-0.1, -0.05) is 42.1 Å². The maximum atomic E-state index is 13.8. The van der Waals surface area contributed by atoms with Crippen LogP contribution in [0.5, 0.6) is 0 Å². The summed E-state index contributed by atoms with van der Waals surface area (Å²) in [5.74, 6) is 0.244. The van der Waals surface area contributed by atoms with Crippen molar-refractivity contribution in [2.45, 2.75) is 13.3 Å². The molecule has 3 aromatic carbocycles. The van der Waals surface area contributed by atoms with Gasteiger partial charge < -0.3 is 5.32 Å². The molecule has 1 N–H and O–H groups in total. The van der Waals surface area contributed by atoms with E-state index in [0.29, 0.717) is 17.0 Å². The third kappa shape index (κ3) is 5.56. The summed E-state index contributed by atoms with van der Waals surface area (Å²) < 4.78 is 14.9. The first-order chi connectivity index (χ1) is 13.0. The number of hydrogen-bond donors (Lipinski definition) is 1. The topological polar surface area (TPSA) is 29.1 Å². The van der Waals surface area contributed by atoms with Gasteiger partial charge in [-0.25, -0.2) is 4.39 Å². The van der Waals surface area contributed by atoms with Gasteiger partial charge in [0, 0.05) is 15.0 Å². The van der Waals surface area contributed by atoms with Crippen LogP contribution in [-0.4, -0.2) is 10.9 Å². The van der Waals surface area contributed by atoms with Crippen molar-refractivity contribution < 1.29 is 9.18 Å². The number of anilines is 2. The van der Waals surface area contributed by atoms with E-state index in [0.717, 1.165) is 21.2 Å². The molecule has 0 aliphatic heterocycles. The Morgan fingerprint density at radius 3 is 2.52 bits per heavy atom. The number of rotatable bonds is 6. The normalized spacial score (nSPS) is 10.6. The van der Waals surface area contributed by atoms with Crippen LogP contribution in [0.4, 0.5) is 15.8 Å². The molecule has 2 nitrogen and oxygen atoms in total. The van der Waals surface area contributed by atoms with Crippen molar-refractivity contribution in [3.8, 4) is 0 Å². The Bertz CT molecular complexity index is 946. The van der Waals surface area contributed by atoms with Crippen molar-refractivity contribution in [2.75, 3.05) is 11.1 Å². The zero-order valence-corrected chi connectivity index (χ0v) is 17.8. The molecule has 0 unspecified atom stereocenters. The summed E-state index contributed by atoms with van der Waals surface area (Å²) in [4.78, 5) is 12.7. The van der Waals surface area contributed by atoms with Crippen LogP contribution in [0, 0.1) is 16.3 Å². The third-order valence-corrected chi connectivity index (χ3v) is 5.69. The summed E-state index contributed by atoms with van der Waals surface area (Å²) in [6.45, 7) is 2.00. The summed E-state index contributed by atoms with van der Waals surface area (Å²) in [6, 6.07) is 20.4. The quantitative estimate of drug-likeness (QED) is 0.394. The molecule has 5 heteroatoms. The van der Waals surface area contributed by atoms with Crippen molar-refractivity contribution in [3.05, 3.63) is 92.8 Å². The van der Waals surface area contributed by atoms with E-state index in [4.69, 9.17) is 0 Å². The second kappa shape index (κ2) is 9.37. The largest absolute Gasteiger partial charge is 0.355 e. The molecule has 138 valence electrons. The van der Waals surface area contributed by atoms with E-state index in [2.05, 4.69) is 34.0 Å². The SMILES string of the molecule is Cc1cc(I)ccc1Nc1ccc(F)cc1C(=O)SCCc1ccccc1. The van der Waals surface area contributed by atoms with Crippen LogP contribution in [0.15, 0.2) is 66.7 Å². The number of aryl methyl sites for hydroxylation is 2. The highest BCUT2D eigenvalue weighted by atomic mass is 127. The van der Waals surface area contributed by atoms with E-state index < -0.39 is 5.82 Å². The number of benzene rings is 3. The van der Waals surface area contributed by atoms with Gasteiger partial charge >= 0.3 is 0 Å². The zero-order valence-electron chi connectivity index (χ0n) is 14.8. The Morgan fingerprint density at radius 2 is 1.78 bits per heavy atom. The summed E-state index contributed by atoms with van der Waals surface area (Å²) in [6.07, 6.45) is 0.797. The second-order valence-electron chi connectivity index (χ2n) is 6.15. The van der Waals surface area contributed by atoms with Gasteiger partial charge in [0.2, 0.25) is 5.12 Å². The molecule has 27 heavy (non-hydrogen) atoms. The molecule has 0 saturated heterocycles. The van der Waals surface area contributed by atoms with Crippen molar-refractivity contribution >= 4 is 50.8 Å². The van der Waals surface area contributed by atoms with Crippen molar-refractivity contribution in [2.24, 2.45) is 0 Å². The minimum atomic E-state index is -0.410. The van der Waals surface area contributed by atoms with Crippen LogP contribution in [0.25, 0.3) is 0 Å². The molecule has 0 aromatic heterocycles. The molecular weight excluding hydrogens is 472 g/mol. The van der Waals surface area contributed by atoms with Gasteiger partial charge in [0.05, 0.1) is 11.3 Å². The predicted octanol–water partition coefficient (Wildman–Crippen LogP) is 6.60. The second-order valence-corrected chi connectivity index (χ2v) is 8.46. The molecule has 0 atom stereocenters. The molecule has 0 saturated carbocycles. The first-order valence-electron chi connectivity index (χ1n) is 8.57. The Kier molecular flexibility index (Phi) is 6.90. The molecule has 0 aliphatic carbocycles. The van der Waals surface area contributed by atoms with Gasteiger partial charge in [-0.2, -0.15) is 0 Å². The van der Waals surface area contributed by atoms with Crippen LogP contribution < -0.4 is 5.32 Å². The maximum absolute atomic E-state index is 13.8. The molecule has 0 heterocycles. The Labute approximate surface area is 176 Å². The van der Waals surface area contributed by atoms with E-state index in [-0.39, 0.29) is 5.12 Å². The Hall–Kier alpha value is -1.86. The number of halogens is 2. The lowest BCUT2D eigenvalue weighted by Gasteiger charge is -2.14. The fraction of sp³-hybridized carbons (Fsp3) is 0.136. The summed E-state index contributed by atoms with van der Waals surface area (Å²) in [5.41, 5.74) is 4.15. The fourth-order valence-corrected chi connectivity index (χ4v) is 4.19. The number of carbonyl (C=O) groups excluding carboxylic acids is 1. The first-order valence-corrected chi connectivity index (χ1v) is 10.6. The van der Waals surface area contributed by atoms with E-state index >= 15 is 0 Å². The average molecular weight is 491 g/mol. The highest BCUT2D eigenvalue weighted by Crippen LogP contribution is 2.28. The van der Waals surface area contributed by atoms with Gasteiger partial charge in [0.1, 0.15) is 5.82 Å². The fourth-order valence-electron chi connectivity index (χ4n) is 2.69. The number of hydrogen-bond acceptors (Lipinski definition) is 3. The van der Waals surface area contributed by atoms with Crippen LogP contribution in [0.1, 0.15) is 21.5 Å². The van der Waals surface area contributed by atoms with E-state index in [1.807, 2.05) is 49.4 Å². The first kappa shape index (κ1) is 19.9. The maximum Gasteiger partial charge on any atom is 0.221 e. The Balaban J connectivity index is 1.74. The van der Waals surface area contributed by atoms with Gasteiger partial charge in [0.25, 0.3) is 0 Å². The third-order valence-electron chi connectivity index (χ3n) is 4.13. The van der Waals surface area contributed by atoms with Crippen LogP contribution >= 0.6 is 34.4 Å². The lowest BCUT2D eigenvalue weighted by molar-refractivity contribution is 0.108. The lowest BCUT2D eigenvalue weighted by atomic mass is 10.1. The zero-order chi connectivity index (χ0) is 19.2. The smallest absolute Gasteiger partial charge is 0.221 e. The van der Waals surface area contributed by atoms with Gasteiger partial charge in [-0.15, -0.1) is 0 Å². The van der Waals surface area contributed by atoms with Crippen molar-refractivity contribution in [3.63, 3.8) is 0 Å². The van der Waals surface area contributed by atoms with Crippen LogP contribution in [0.2, 0.25) is 0 Å². The van der Waals surface area contributed by atoms with Crippen LogP contribution in [-0.2, 0) is 6.42 Å². The van der Waals surface area contributed by atoms with Crippen molar-refractivity contribution in [1.29, 1.82) is 0 Å². The number of carbonyl (C=O) groups is 1. The van der Waals surface area contributed by atoms with E-state index in [1.54, 1.807) is 6.07 Å². The van der Waals surface area contributed by atoms with E-state index in [1.165, 1.54) is 29.5 Å². The molecule has 0 aliphatic rings. The molecule has 0 radical (unpaired) electrons. The molecule has 0 amide bonds. The standard InChI is InChI=1S/C22H19FINOS/c1-15-13-18(24)8-10-20(15)25-21-9-7-17(23)14-19(21)22(26)27-12-11-16-5-3-2-4-6-16/h2-10,13-14,25H,11-12H2,1H3. The number of nitrogens with one attached hydrogen (secondary N) is 1. The number of thioether (sulfide) groups is 1. The highest BCUT2D eigenvalue weighted by molar-refractivity contribution is 14.1. The van der Waals surface area contributed by atoms with Gasteiger partial charge in [0.15, 0.2) is 0 Å². The lowest BCUT2D eigenvalue weighted by Crippen LogP contribution is -2.04. The van der Waals surface area contributed by atoms with Crippen LogP contribution in [0.3, 0.4) is 0 Å². The molecular formula is C22H19FINOS. The van der Waals surface area contributed by atoms with Gasteiger partial charge in [-0.05, 0) is 83.5 Å². The minimum Gasteiger partial charge on any atom is -0.355 e. The highest BCUT2D eigenvalue weighted by Gasteiger charge is 2.14. The summed E-state index contributed by atoms with van der Waals surface area (Å²) >= 11 is 3.48. The molecule has 0 fully saturated rings.